The molecule has 2 aromatic carbocycles. The van der Waals surface area contributed by atoms with E-state index in [1.165, 1.54) is 30.6 Å². The van der Waals surface area contributed by atoms with Crippen molar-refractivity contribution in [2.75, 3.05) is 6.26 Å². The number of carbonyl (C=O) groups excluding carboxylic acids is 1. The van der Waals surface area contributed by atoms with Crippen LogP contribution in [0.15, 0.2) is 66.0 Å². The summed E-state index contributed by atoms with van der Waals surface area (Å²) < 4.78 is 53.3. The number of fused-ring (bicyclic) bond motifs is 2. The van der Waals surface area contributed by atoms with Crippen molar-refractivity contribution in [2.24, 2.45) is 0 Å². The van der Waals surface area contributed by atoms with Crippen LogP contribution >= 0.6 is 11.6 Å². The number of aromatic amines is 1. The minimum atomic E-state index is -3.64. The number of hydrogen-bond acceptors (Lipinski definition) is 5. The molecule has 5 aromatic rings. The molecule has 5 rings (SSSR count). The molecule has 0 unspecified atom stereocenters. The van der Waals surface area contributed by atoms with Crippen molar-refractivity contribution < 1.29 is 22.0 Å². The summed E-state index contributed by atoms with van der Waals surface area (Å²) in [5, 5.41) is 3.55. The van der Waals surface area contributed by atoms with E-state index >= 15 is 0 Å². The Morgan fingerprint density at radius 1 is 1.11 bits per heavy atom. The first-order valence-electron chi connectivity index (χ1n) is 11.1. The van der Waals surface area contributed by atoms with Gasteiger partial charge in [0.2, 0.25) is 0 Å². The molecule has 0 aliphatic rings. The van der Waals surface area contributed by atoms with Crippen LogP contribution in [0, 0.1) is 11.6 Å². The van der Waals surface area contributed by atoms with Crippen LogP contribution in [0.25, 0.3) is 21.8 Å². The number of amides is 1. The highest BCUT2D eigenvalue weighted by Gasteiger charge is 2.17. The van der Waals surface area contributed by atoms with Crippen LogP contribution in [0.5, 0.6) is 0 Å². The Hall–Kier alpha value is -3.89. The number of hydrogen-bond donors (Lipinski definition) is 2. The molecule has 0 spiro atoms. The van der Waals surface area contributed by atoms with E-state index in [-0.39, 0.29) is 39.4 Å². The number of rotatable bonds is 6. The normalized spacial score (nSPS) is 11.8. The molecule has 0 atom stereocenters. The van der Waals surface area contributed by atoms with Gasteiger partial charge in [-0.3, -0.25) is 14.8 Å². The number of nitrogens with one attached hydrogen (secondary N) is 2. The molecular weight excluding hydrogens is 522 g/mol. The Kier molecular flexibility index (Phi) is 6.38. The molecule has 0 aliphatic carbocycles. The molecule has 0 fully saturated rings. The monoisotopic (exact) mass is 540 g/mol. The van der Waals surface area contributed by atoms with E-state index in [0.717, 1.165) is 12.5 Å². The third-order valence-corrected chi connectivity index (χ3v) is 7.30. The first kappa shape index (κ1) is 24.8. The van der Waals surface area contributed by atoms with Gasteiger partial charge in [0.1, 0.15) is 11.6 Å². The van der Waals surface area contributed by atoms with E-state index in [2.05, 4.69) is 20.3 Å². The predicted molar refractivity (Wildman–Crippen MR) is 136 cm³/mol. The summed E-state index contributed by atoms with van der Waals surface area (Å²) in [6.07, 6.45) is 5.17. The van der Waals surface area contributed by atoms with E-state index in [0.29, 0.717) is 27.7 Å². The van der Waals surface area contributed by atoms with Crippen LogP contribution in [0.1, 0.15) is 27.2 Å². The Bertz CT molecular complexity index is 1810. The van der Waals surface area contributed by atoms with Gasteiger partial charge < -0.3 is 10.3 Å². The standard InChI is InChI=1S/C26H19ClF2N4O3S/c1-37(35,36)22-8-14(6-17-9-18(28)12-32-25(17)22)7-19-10-15(4-5-30-19)26(34)33-11-16-2-3-21-23(24(16)29)20(27)13-31-21/h2-6,8-10,12-13,31H,7,11H2,1H3,(H,33,34). The Balaban J connectivity index is 1.38. The molecule has 0 saturated heterocycles. The minimum absolute atomic E-state index is 0.0181. The largest absolute Gasteiger partial charge is 0.360 e. The number of sulfone groups is 1. The molecule has 188 valence electrons. The van der Waals surface area contributed by atoms with Gasteiger partial charge in [0.05, 0.1) is 27.0 Å². The van der Waals surface area contributed by atoms with Gasteiger partial charge in [0.15, 0.2) is 9.84 Å². The second-order valence-electron chi connectivity index (χ2n) is 8.58. The molecule has 3 aromatic heterocycles. The Morgan fingerprint density at radius 3 is 2.70 bits per heavy atom. The van der Waals surface area contributed by atoms with Crippen LogP contribution < -0.4 is 5.32 Å². The molecule has 0 saturated carbocycles. The topological polar surface area (TPSA) is 105 Å². The van der Waals surface area contributed by atoms with E-state index in [9.17, 15) is 22.0 Å². The fourth-order valence-electron chi connectivity index (χ4n) is 4.16. The number of benzene rings is 2. The van der Waals surface area contributed by atoms with Gasteiger partial charge in [-0.25, -0.2) is 17.2 Å². The van der Waals surface area contributed by atoms with Gasteiger partial charge in [-0.15, -0.1) is 0 Å². The molecule has 7 nitrogen and oxygen atoms in total. The van der Waals surface area contributed by atoms with Gasteiger partial charge in [0.25, 0.3) is 5.91 Å². The zero-order valence-electron chi connectivity index (χ0n) is 19.3. The van der Waals surface area contributed by atoms with Gasteiger partial charge in [-0.05, 0) is 42.0 Å². The van der Waals surface area contributed by atoms with Crippen LogP contribution in [0.3, 0.4) is 0 Å². The van der Waals surface area contributed by atoms with E-state index < -0.39 is 27.4 Å². The second-order valence-corrected chi connectivity index (χ2v) is 11.0. The molecule has 0 radical (unpaired) electrons. The minimum Gasteiger partial charge on any atom is -0.360 e. The maximum Gasteiger partial charge on any atom is 0.251 e. The highest BCUT2D eigenvalue weighted by molar-refractivity contribution is 7.91. The molecular formula is C26H19ClF2N4O3S. The average molecular weight is 541 g/mol. The molecule has 2 N–H and O–H groups in total. The molecule has 0 aliphatic heterocycles. The number of carbonyl (C=O) groups is 1. The van der Waals surface area contributed by atoms with E-state index in [1.807, 2.05) is 0 Å². The Morgan fingerprint density at radius 2 is 1.92 bits per heavy atom. The molecule has 11 heteroatoms. The number of H-pyrrole nitrogens is 1. The fraction of sp³-hybridized carbons (Fsp3) is 0.115. The summed E-state index contributed by atoms with van der Waals surface area (Å²) in [6, 6.07) is 10.7. The van der Waals surface area contributed by atoms with E-state index in [1.54, 1.807) is 24.3 Å². The molecule has 37 heavy (non-hydrogen) atoms. The van der Waals surface area contributed by atoms with Gasteiger partial charge >= 0.3 is 0 Å². The third kappa shape index (κ3) is 5.03. The zero-order valence-corrected chi connectivity index (χ0v) is 20.9. The van der Waals surface area contributed by atoms with Gasteiger partial charge in [-0.1, -0.05) is 17.7 Å². The highest BCUT2D eigenvalue weighted by atomic mass is 35.5. The first-order chi connectivity index (χ1) is 17.6. The average Bonchev–Trinajstić information content (AvgIpc) is 3.23. The zero-order chi connectivity index (χ0) is 26.3. The maximum absolute atomic E-state index is 14.8. The summed E-state index contributed by atoms with van der Waals surface area (Å²) in [7, 11) is -3.64. The molecule has 3 heterocycles. The quantitative estimate of drug-likeness (QED) is 0.316. The lowest BCUT2D eigenvalue weighted by molar-refractivity contribution is 0.0950. The van der Waals surface area contributed by atoms with Crippen LogP contribution in [-0.2, 0) is 22.8 Å². The Labute approximate surface area is 215 Å². The van der Waals surface area contributed by atoms with Crippen LogP contribution in [-0.4, -0.2) is 35.5 Å². The van der Waals surface area contributed by atoms with E-state index in [4.69, 9.17) is 11.6 Å². The summed E-state index contributed by atoms with van der Waals surface area (Å²) in [4.78, 5) is 23.9. The van der Waals surface area contributed by atoms with Crippen LogP contribution in [0.2, 0.25) is 5.02 Å². The lowest BCUT2D eigenvalue weighted by Gasteiger charge is -2.10. The van der Waals surface area contributed by atoms with Crippen molar-refractivity contribution in [3.05, 3.63) is 100 Å². The summed E-state index contributed by atoms with van der Waals surface area (Å²) in [5.41, 5.74) is 2.36. The second kappa shape index (κ2) is 9.53. The predicted octanol–water partition coefficient (Wildman–Crippen LogP) is 4.97. The number of aromatic nitrogens is 3. The smallest absolute Gasteiger partial charge is 0.251 e. The summed E-state index contributed by atoms with van der Waals surface area (Å²) >= 11 is 6.05. The number of pyridine rings is 2. The van der Waals surface area contributed by atoms with Crippen LogP contribution in [0.4, 0.5) is 8.78 Å². The van der Waals surface area contributed by atoms with Crippen molar-refractivity contribution in [1.29, 1.82) is 0 Å². The first-order valence-corrected chi connectivity index (χ1v) is 13.3. The number of halogens is 3. The SMILES string of the molecule is CS(=O)(=O)c1cc(Cc2cc(C(=O)NCc3ccc4[nH]cc(Cl)c4c3F)ccn2)cc2cc(F)cnc12. The highest BCUT2D eigenvalue weighted by Crippen LogP contribution is 2.28. The molecule has 1 amide bonds. The fourth-order valence-corrected chi connectivity index (χ4v) is 5.29. The van der Waals surface area contributed by atoms with Gasteiger partial charge in [-0.2, -0.15) is 0 Å². The number of nitrogens with zero attached hydrogens (tertiary/aromatic N) is 2. The van der Waals surface area contributed by atoms with Gasteiger partial charge in [0, 0.05) is 59.3 Å². The van der Waals surface area contributed by atoms with Crippen molar-refractivity contribution in [3.8, 4) is 0 Å². The van der Waals surface area contributed by atoms with Crippen molar-refractivity contribution in [2.45, 2.75) is 17.9 Å². The van der Waals surface area contributed by atoms with Crippen molar-refractivity contribution in [1.82, 2.24) is 20.3 Å². The van der Waals surface area contributed by atoms with Crippen molar-refractivity contribution in [3.63, 3.8) is 0 Å². The molecule has 0 bridgehead atoms. The van der Waals surface area contributed by atoms with Crippen molar-refractivity contribution >= 4 is 49.2 Å². The lowest BCUT2D eigenvalue weighted by Crippen LogP contribution is -2.23. The summed E-state index contributed by atoms with van der Waals surface area (Å²) in [6.45, 7) is -0.0548. The maximum atomic E-state index is 14.8. The third-order valence-electron chi connectivity index (χ3n) is 5.89. The summed E-state index contributed by atoms with van der Waals surface area (Å²) in [5.74, 6) is -1.54. The lowest BCUT2D eigenvalue weighted by atomic mass is 10.0.